The van der Waals surface area contributed by atoms with Crippen molar-refractivity contribution in [3.8, 4) is 17.0 Å². The molecule has 0 aliphatic heterocycles. The molecular weight excluding hydrogens is 353 g/mol. The average molecular weight is 369 g/mol. The first kappa shape index (κ1) is 17.9. The number of carbonyl (C=O) groups is 1. The molecule has 0 bridgehead atoms. The van der Waals surface area contributed by atoms with E-state index in [0.29, 0.717) is 10.7 Å². The first-order valence-corrected chi connectivity index (χ1v) is 8.79. The van der Waals surface area contributed by atoms with Crippen LogP contribution in [0.25, 0.3) is 11.3 Å². The van der Waals surface area contributed by atoms with Gasteiger partial charge in [-0.1, -0.05) is 23.9 Å². The molecule has 26 heavy (non-hydrogen) atoms. The smallest absolute Gasteiger partial charge is 0.234 e. The van der Waals surface area contributed by atoms with Crippen LogP contribution >= 0.6 is 11.8 Å². The maximum atomic E-state index is 12.9. The zero-order valence-corrected chi connectivity index (χ0v) is 14.8. The Morgan fingerprint density at radius 2 is 1.92 bits per heavy atom. The number of aromatic nitrogens is 2. The van der Waals surface area contributed by atoms with Gasteiger partial charge in [0.15, 0.2) is 0 Å². The second-order valence-electron chi connectivity index (χ2n) is 5.33. The van der Waals surface area contributed by atoms with Crippen LogP contribution < -0.4 is 10.1 Å². The predicted molar refractivity (Wildman–Crippen MR) is 99.8 cm³/mol. The normalized spacial score (nSPS) is 10.4. The van der Waals surface area contributed by atoms with Crippen LogP contribution in [0.5, 0.6) is 5.75 Å². The molecule has 0 aliphatic carbocycles. The molecule has 0 saturated heterocycles. The lowest BCUT2D eigenvalue weighted by Gasteiger charge is -2.06. The fourth-order valence-corrected chi connectivity index (χ4v) is 2.82. The number of nitrogens with zero attached hydrogens (tertiary/aromatic N) is 2. The van der Waals surface area contributed by atoms with Gasteiger partial charge < -0.3 is 10.1 Å². The van der Waals surface area contributed by atoms with E-state index in [0.717, 1.165) is 17.0 Å². The third kappa shape index (κ3) is 4.80. The van der Waals surface area contributed by atoms with Crippen LogP contribution in [-0.4, -0.2) is 29.0 Å². The zero-order chi connectivity index (χ0) is 18.4. The van der Waals surface area contributed by atoms with E-state index >= 15 is 0 Å². The summed E-state index contributed by atoms with van der Waals surface area (Å²) in [7, 11) is 1.61. The second kappa shape index (κ2) is 8.44. The standard InChI is InChI=1S/C19H16FN3O2S/c1-25-16-4-2-3-13(11-16)17-9-10-19(23-22-17)26-12-18(24)21-15-7-5-14(20)6-8-15/h2-11H,12H2,1H3,(H,21,24). The average Bonchev–Trinajstić information content (AvgIpc) is 2.68. The van der Waals surface area contributed by atoms with Gasteiger partial charge in [-0.15, -0.1) is 10.2 Å². The molecule has 1 amide bonds. The van der Waals surface area contributed by atoms with Gasteiger partial charge in [0.05, 0.1) is 18.6 Å². The highest BCUT2D eigenvalue weighted by atomic mass is 32.2. The van der Waals surface area contributed by atoms with E-state index in [-0.39, 0.29) is 17.5 Å². The number of benzene rings is 2. The number of anilines is 1. The molecule has 132 valence electrons. The molecule has 0 unspecified atom stereocenters. The number of rotatable bonds is 6. The van der Waals surface area contributed by atoms with Crippen molar-refractivity contribution in [2.45, 2.75) is 5.03 Å². The van der Waals surface area contributed by atoms with Crippen LogP contribution in [0.3, 0.4) is 0 Å². The van der Waals surface area contributed by atoms with E-state index < -0.39 is 0 Å². The van der Waals surface area contributed by atoms with E-state index in [9.17, 15) is 9.18 Å². The van der Waals surface area contributed by atoms with Gasteiger partial charge in [0.1, 0.15) is 16.6 Å². The minimum Gasteiger partial charge on any atom is -0.497 e. The van der Waals surface area contributed by atoms with Gasteiger partial charge in [0, 0.05) is 11.3 Å². The van der Waals surface area contributed by atoms with Crippen molar-refractivity contribution in [2.24, 2.45) is 0 Å². The number of methoxy groups -OCH3 is 1. The van der Waals surface area contributed by atoms with Crippen LogP contribution in [0, 0.1) is 5.82 Å². The van der Waals surface area contributed by atoms with Crippen molar-refractivity contribution in [2.75, 3.05) is 18.2 Å². The van der Waals surface area contributed by atoms with Crippen molar-refractivity contribution >= 4 is 23.4 Å². The van der Waals surface area contributed by atoms with E-state index in [1.165, 1.54) is 36.0 Å². The van der Waals surface area contributed by atoms with Gasteiger partial charge in [0.25, 0.3) is 0 Å². The minimum absolute atomic E-state index is 0.185. The third-order valence-corrected chi connectivity index (χ3v) is 4.40. The molecule has 0 fully saturated rings. The van der Waals surface area contributed by atoms with Crippen molar-refractivity contribution in [3.63, 3.8) is 0 Å². The Balaban J connectivity index is 1.57. The molecule has 2 aromatic carbocycles. The lowest BCUT2D eigenvalue weighted by molar-refractivity contribution is -0.113. The van der Waals surface area contributed by atoms with Crippen molar-refractivity contribution in [3.05, 3.63) is 66.5 Å². The first-order valence-electron chi connectivity index (χ1n) is 7.80. The van der Waals surface area contributed by atoms with Crippen molar-refractivity contribution in [1.82, 2.24) is 10.2 Å². The molecule has 3 rings (SSSR count). The summed E-state index contributed by atoms with van der Waals surface area (Å²) in [5.41, 5.74) is 2.18. The van der Waals surface area contributed by atoms with Crippen LogP contribution in [0.15, 0.2) is 65.7 Å². The largest absolute Gasteiger partial charge is 0.497 e. The molecule has 1 heterocycles. The minimum atomic E-state index is -0.344. The lowest BCUT2D eigenvalue weighted by atomic mass is 10.1. The summed E-state index contributed by atoms with van der Waals surface area (Å²) in [5, 5.41) is 11.7. The fourth-order valence-electron chi connectivity index (χ4n) is 2.20. The number of hydrogen-bond acceptors (Lipinski definition) is 5. The van der Waals surface area contributed by atoms with Crippen LogP contribution in [-0.2, 0) is 4.79 Å². The van der Waals surface area contributed by atoms with Crippen molar-refractivity contribution in [1.29, 1.82) is 0 Å². The number of amides is 1. The summed E-state index contributed by atoms with van der Waals surface area (Å²) < 4.78 is 18.1. The topological polar surface area (TPSA) is 64.1 Å². The molecule has 3 aromatic rings. The predicted octanol–water partition coefficient (Wildman–Crippen LogP) is 4.02. The summed E-state index contributed by atoms with van der Waals surface area (Å²) in [5.74, 6) is 0.397. The number of thioether (sulfide) groups is 1. The Morgan fingerprint density at radius 3 is 2.62 bits per heavy atom. The lowest BCUT2D eigenvalue weighted by Crippen LogP contribution is -2.14. The number of nitrogens with one attached hydrogen (secondary N) is 1. The first-order chi connectivity index (χ1) is 12.6. The quantitative estimate of drug-likeness (QED) is 0.665. The fraction of sp³-hybridized carbons (Fsp3) is 0.105. The highest BCUT2D eigenvalue weighted by Crippen LogP contribution is 2.23. The van der Waals surface area contributed by atoms with Gasteiger partial charge >= 0.3 is 0 Å². The van der Waals surface area contributed by atoms with Crippen LogP contribution in [0.2, 0.25) is 0 Å². The zero-order valence-electron chi connectivity index (χ0n) is 14.0. The molecule has 0 radical (unpaired) electrons. The highest BCUT2D eigenvalue weighted by molar-refractivity contribution is 7.99. The van der Waals surface area contributed by atoms with Gasteiger partial charge in [-0.2, -0.15) is 0 Å². The van der Waals surface area contributed by atoms with Crippen molar-refractivity contribution < 1.29 is 13.9 Å². The monoisotopic (exact) mass is 369 g/mol. The molecule has 7 heteroatoms. The van der Waals surface area contributed by atoms with E-state index in [4.69, 9.17) is 4.74 Å². The Hall–Kier alpha value is -2.93. The summed E-state index contributed by atoms with van der Waals surface area (Å²) in [6.07, 6.45) is 0. The van der Waals surface area contributed by atoms with Crippen LogP contribution in [0.1, 0.15) is 0 Å². The van der Waals surface area contributed by atoms with Gasteiger partial charge in [-0.05, 0) is 48.5 Å². The number of ether oxygens (including phenoxy) is 1. The third-order valence-electron chi connectivity index (χ3n) is 3.48. The molecule has 0 aliphatic rings. The van der Waals surface area contributed by atoms with E-state index in [1.807, 2.05) is 36.4 Å². The Labute approximate surface area is 154 Å². The van der Waals surface area contributed by atoms with E-state index in [1.54, 1.807) is 7.11 Å². The van der Waals surface area contributed by atoms with Gasteiger partial charge in [-0.3, -0.25) is 4.79 Å². The van der Waals surface area contributed by atoms with Gasteiger partial charge in [0.2, 0.25) is 5.91 Å². The maximum Gasteiger partial charge on any atom is 0.234 e. The van der Waals surface area contributed by atoms with E-state index in [2.05, 4.69) is 15.5 Å². The Bertz CT molecular complexity index is 886. The summed E-state index contributed by atoms with van der Waals surface area (Å²) in [4.78, 5) is 11.9. The molecule has 5 nitrogen and oxygen atoms in total. The van der Waals surface area contributed by atoms with Crippen LogP contribution in [0.4, 0.5) is 10.1 Å². The van der Waals surface area contributed by atoms with Gasteiger partial charge in [-0.25, -0.2) is 4.39 Å². The molecule has 0 atom stereocenters. The highest BCUT2D eigenvalue weighted by Gasteiger charge is 2.07. The Kier molecular flexibility index (Phi) is 5.80. The molecule has 1 N–H and O–H groups in total. The number of carbonyl (C=O) groups excluding carboxylic acids is 1. The molecule has 0 saturated carbocycles. The molecule has 0 spiro atoms. The second-order valence-corrected chi connectivity index (χ2v) is 6.33. The molecular formula is C19H16FN3O2S. The summed E-state index contributed by atoms with van der Waals surface area (Å²) in [6, 6.07) is 16.8. The summed E-state index contributed by atoms with van der Waals surface area (Å²) in [6.45, 7) is 0. The Morgan fingerprint density at radius 1 is 1.12 bits per heavy atom. The SMILES string of the molecule is COc1cccc(-c2ccc(SCC(=O)Nc3ccc(F)cc3)nn2)c1. The number of hydrogen-bond donors (Lipinski definition) is 1. The summed E-state index contributed by atoms with van der Waals surface area (Å²) >= 11 is 1.28. The number of halogens is 1. The maximum absolute atomic E-state index is 12.9. The molecule has 1 aromatic heterocycles.